The average Bonchev–Trinajstić information content (AvgIpc) is 3.35. The van der Waals surface area contributed by atoms with E-state index in [4.69, 9.17) is 14.2 Å². The second kappa shape index (κ2) is 8.23. The first-order chi connectivity index (χ1) is 14.0. The van der Waals surface area contributed by atoms with Crippen molar-refractivity contribution in [1.82, 2.24) is 20.0 Å². The Morgan fingerprint density at radius 2 is 1.97 bits per heavy atom. The molecular weight excluding hydrogens is 388 g/mol. The van der Waals surface area contributed by atoms with Crippen LogP contribution >= 0.6 is 0 Å². The second-order valence-electron chi connectivity index (χ2n) is 8.61. The van der Waals surface area contributed by atoms with E-state index in [-0.39, 0.29) is 12.1 Å². The Hall–Kier alpha value is -2.65. The Kier molecular flexibility index (Phi) is 6.05. The molecule has 1 aromatic heterocycles. The standard InChI is InChI=1S/C21H30N4O5/c1-20(2,3)30-19(27)24(5)15-10-11-25(13-15)21(4,28-6)29-18(26)16-9-7-8-14-12-22-23-17(14)16/h7-9,12,15H,10-11,13H2,1-6H3,(H,22,23). The van der Waals surface area contributed by atoms with Crippen molar-refractivity contribution < 1.29 is 23.8 Å². The lowest BCUT2D eigenvalue weighted by atomic mass is 10.1. The molecule has 1 amide bonds. The van der Waals surface area contributed by atoms with Crippen molar-refractivity contribution in [1.29, 1.82) is 0 Å². The monoisotopic (exact) mass is 418 g/mol. The van der Waals surface area contributed by atoms with Crippen molar-refractivity contribution in [2.24, 2.45) is 0 Å². The molecule has 1 saturated heterocycles. The number of likely N-dealkylation sites (N-methyl/N-ethyl adjacent to an activating group) is 1. The highest BCUT2D eigenvalue weighted by atomic mass is 16.7. The number of para-hydroxylation sites is 1. The van der Waals surface area contributed by atoms with Crippen LogP contribution in [0.15, 0.2) is 24.4 Å². The highest BCUT2D eigenvalue weighted by molar-refractivity contribution is 6.02. The first kappa shape index (κ1) is 22.0. The number of amides is 1. The Labute approximate surface area is 176 Å². The Bertz CT molecular complexity index is 922. The van der Waals surface area contributed by atoms with Crippen molar-refractivity contribution in [3.63, 3.8) is 0 Å². The van der Waals surface area contributed by atoms with Gasteiger partial charge in [-0.05, 0) is 33.3 Å². The van der Waals surface area contributed by atoms with Gasteiger partial charge in [-0.1, -0.05) is 12.1 Å². The highest BCUT2D eigenvalue weighted by Crippen LogP contribution is 2.28. The van der Waals surface area contributed by atoms with Gasteiger partial charge in [-0.2, -0.15) is 5.10 Å². The van der Waals surface area contributed by atoms with Crippen LogP contribution in [0.4, 0.5) is 4.79 Å². The quantitative estimate of drug-likeness (QED) is 0.589. The van der Waals surface area contributed by atoms with Gasteiger partial charge in [0, 0.05) is 45.6 Å². The zero-order valence-corrected chi connectivity index (χ0v) is 18.4. The third-order valence-corrected chi connectivity index (χ3v) is 5.32. The van der Waals surface area contributed by atoms with Crippen molar-refractivity contribution in [3.05, 3.63) is 30.0 Å². The number of hydrogen-bond donors (Lipinski definition) is 1. The number of nitrogens with one attached hydrogen (secondary N) is 1. The summed E-state index contributed by atoms with van der Waals surface area (Å²) in [6, 6.07) is 5.24. The number of carbonyl (C=O) groups excluding carboxylic acids is 2. The lowest BCUT2D eigenvalue weighted by Crippen LogP contribution is -2.51. The average molecular weight is 418 g/mol. The van der Waals surface area contributed by atoms with E-state index in [1.165, 1.54) is 7.11 Å². The van der Waals surface area contributed by atoms with Gasteiger partial charge in [-0.3, -0.25) is 5.10 Å². The van der Waals surface area contributed by atoms with E-state index in [0.717, 1.165) is 5.39 Å². The molecule has 0 radical (unpaired) electrons. The van der Waals surface area contributed by atoms with Crippen LogP contribution in [0, 0.1) is 0 Å². The first-order valence-corrected chi connectivity index (χ1v) is 9.95. The molecule has 1 aliphatic rings. The van der Waals surface area contributed by atoms with E-state index in [9.17, 15) is 9.59 Å². The van der Waals surface area contributed by atoms with Crippen molar-refractivity contribution in [2.45, 2.75) is 51.7 Å². The fourth-order valence-corrected chi connectivity index (χ4v) is 3.51. The predicted octanol–water partition coefficient (Wildman–Crippen LogP) is 2.98. The Balaban J connectivity index is 1.70. The molecule has 30 heavy (non-hydrogen) atoms. The molecule has 9 heteroatoms. The summed E-state index contributed by atoms with van der Waals surface area (Å²) in [5.41, 5.74) is 0.438. The third-order valence-electron chi connectivity index (χ3n) is 5.32. The lowest BCUT2D eigenvalue weighted by Gasteiger charge is -2.36. The minimum Gasteiger partial charge on any atom is -0.444 e. The third kappa shape index (κ3) is 4.57. The number of ether oxygens (including phenoxy) is 3. The van der Waals surface area contributed by atoms with Crippen LogP contribution in [0.2, 0.25) is 0 Å². The maximum absolute atomic E-state index is 12.9. The van der Waals surface area contributed by atoms with E-state index in [1.807, 2.05) is 31.7 Å². The van der Waals surface area contributed by atoms with Gasteiger partial charge >= 0.3 is 12.1 Å². The molecule has 0 saturated carbocycles. The molecule has 3 rings (SSSR count). The summed E-state index contributed by atoms with van der Waals surface area (Å²) in [6.45, 7) is 8.29. The predicted molar refractivity (Wildman–Crippen MR) is 111 cm³/mol. The van der Waals surface area contributed by atoms with Crippen LogP contribution in [0.25, 0.3) is 10.9 Å². The summed E-state index contributed by atoms with van der Waals surface area (Å²) in [5.74, 6) is -1.79. The van der Waals surface area contributed by atoms with Crippen LogP contribution in [0.1, 0.15) is 44.5 Å². The molecule has 0 aliphatic carbocycles. The maximum Gasteiger partial charge on any atom is 0.410 e. The Morgan fingerprint density at radius 1 is 1.23 bits per heavy atom. The molecule has 2 unspecified atom stereocenters. The number of methoxy groups -OCH3 is 1. The van der Waals surface area contributed by atoms with Crippen LogP contribution in [0.3, 0.4) is 0 Å². The molecule has 1 N–H and O–H groups in total. The molecule has 2 aromatic rings. The van der Waals surface area contributed by atoms with Gasteiger partial charge in [0.1, 0.15) is 5.60 Å². The molecule has 0 bridgehead atoms. The summed E-state index contributed by atoms with van der Waals surface area (Å²) in [5, 5.41) is 7.64. The number of esters is 1. The summed E-state index contributed by atoms with van der Waals surface area (Å²) >= 11 is 0. The van der Waals surface area contributed by atoms with Crippen LogP contribution in [-0.4, -0.2) is 76.9 Å². The number of aromatic nitrogens is 2. The van der Waals surface area contributed by atoms with Crippen molar-refractivity contribution in [3.8, 4) is 0 Å². The van der Waals surface area contributed by atoms with Gasteiger partial charge in [0.25, 0.3) is 5.91 Å². The molecule has 0 spiro atoms. The first-order valence-electron chi connectivity index (χ1n) is 9.95. The fraction of sp³-hybridized carbons (Fsp3) is 0.571. The second-order valence-corrected chi connectivity index (χ2v) is 8.61. The van der Waals surface area contributed by atoms with E-state index < -0.39 is 17.5 Å². The summed E-state index contributed by atoms with van der Waals surface area (Å²) in [7, 11) is 3.21. The number of rotatable bonds is 5. The minimum absolute atomic E-state index is 0.0796. The van der Waals surface area contributed by atoms with Crippen LogP contribution < -0.4 is 0 Å². The van der Waals surface area contributed by atoms with Gasteiger partial charge < -0.3 is 19.1 Å². The SMILES string of the molecule is COC(C)(OC(=O)c1cccc2cn[nH]c12)N1CCC(N(C)C(=O)OC(C)(C)C)C1. The lowest BCUT2D eigenvalue weighted by molar-refractivity contribution is -0.260. The van der Waals surface area contributed by atoms with Gasteiger partial charge in [-0.25, -0.2) is 14.5 Å². The van der Waals surface area contributed by atoms with Gasteiger partial charge in [0.15, 0.2) is 0 Å². The Morgan fingerprint density at radius 3 is 2.63 bits per heavy atom. The van der Waals surface area contributed by atoms with E-state index in [0.29, 0.717) is 30.6 Å². The topological polar surface area (TPSA) is 97.0 Å². The number of benzene rings is 1. The maximum atomic E-state index is 12.9. The number of H-pyrrole nitrogens is 1. The van der Waals surface area contributed by atoms with Crippen molar-refractivity contribution >= 4 is 23.0 Å². The van der Waals surface area contributed by atoms with Crippen molar-refractivity contribution in [2.75, 3.05) is 27.2 Å². The van der Waals surface area contributed by atoms with Crippen LogP contribution in [0.5, 0.6) is 0 Å². The van der Waals surface area contributed by atoms with Gasteiger partial charge in [0.2, 0.25) is 0 Å². The largest absolute Gasteiger partial charge is 0.444 e. The van der Waals surface area contributed by atoms with E-state index in [1.54, 1.807) is 37.2 Å². The highest BCUT2D eigenvalue weighted by Gasteiger charge is 2.43. The molecule has 2 atom stereocenters. The molecule has 2 heterocycles. The number of carbonyl (C=O) groups is 2. The zero-order chi connectivity index (χ0) is 22.1. The summed E-state index contributed by atoms with van der Waals surface area (Å²) in [4.78, 5) is 28.8. The molecule has 9 nitrogen and oxygen atoms in total. The van der Waals surface area contributed by atoms with Gasteiger partial charge in [-0.15, -0.1) is 0 Å². The zero-order valence-electron chi connectivity index (χ0n) is 18.4. The number of likely N-dealkylation sites (tertiary alicyclic amines) is 1. The fourth-order valence-electron chi connectivity index (χ4n) is 3.51. The minimum atomic E-state index is -1.28. The number of fused-ring (bicyclic) bond motifs is 1. The molecule has 1 aliphatic heterocycles. The number of nitrogens with zero attached hydrogens (tertiary/aromatic N) is 3. The number of aromatic amines is 1. The molecule has 1 aromatic carbocycles. The van der Waals surface area contributed by atoms with Gasteiger partial charge in [0.05, 0.1) is 17.3 Å². The van der Waals surface area contributed by atoms with Crippen LogP contribution in [-0.2, 0) is 14.2 Å². The van der Waals surface area contributed by atoms with E-state index in [2.05, 4.69) is 10.2 Å². The molecule has 164 valence electrons. The summed E-state index contributed by atoms with van der Waals surface area (Å²) < 4.78 is 16.8. The summed E-state index contributed by atoms with van der Waals surface area (Å²) in [6.07, 6.45) is 1.98. The smallest absolute Gasteiger partial charge is 0.410 e. The normalized spacial score (nSPS) is 19.5. The molecule has 1 fully saturated rings. The molecular formula is C21H30N4O5. The number of hydrogen-bond acceptors (Lipinski definition) is 7. The van der Waals surface area contributed by atoms with E-state index >= 15 is 0 Å².